The van der Waals surface area contributed by atoms with E-state index in [2.05, 4.69) is 0 Å². The van der Waals surface area contributed by atoms with E-state index in [9.17, 15) is 8.42 Å². The second kappa shape index (κ2) is 4.87. The molecule has 1 aliphatic rings. The number of methoxy groups -OCH3 is 1. The summed E-state index contributed by atoms with van der Waals surface area (Å²) < 4.78 is 31.5. The number of anilines is 1. The van der Waals surface area contributed by atoms with Gasteiger partial charge in [-0.3, -0.25) is 0 Å². The van der Waals surface area contributed by atoms with E-state index >= 15 is 0 Å². The summed E-state index contributed by atoms with van der Waals surface area (Å²) in [4.78, 5) is 0.261. The summed E-state index contributed by atoms with van der Waals surface area (Å²) in [5, 5.41) is 0. The molecule has 1 heterocycles. The first-order valence-electron chi connectivity index (χ1n) is 5.83. The molecule has 1 unspecified atom stereocenters. The minimum atomic E-state index is -3.45. The molecule has 2 rings (SSSR count). The third-order valence-corrected chi connectivity index (χ3v) is 4.99. The Hall–Kier alpha value is -1.11. The van der Waals surface area contributed by atoms with Gasteiger partial charge in [-0.1, -0.05) is 0 Å². The van der Waals surface area contributed by atoms with Crippen molar-refractivity contribution in [3.8, 4) is 0 Å². The second-order valence-electron chi connectivity index (χ2n) is 4.59. The van der Waals surface area contributed by atoms with Gasteiger partial charge in [0.05, 0.1) is 11.0 Å². The smallest absolute Gasteiger partial charge is 0.243 e. The number of nitrogens with zero attached hydrogens (tertiary/aromatic N) is 1. The summed E-state index contributed by atoms with van der Waals surface area (Å²) in [5.74, 6) is 0. The fourth-order valence-electron chi connectivity index (χ4n) is 2.18. The van der Waals surface area contributed by atoms with Gasteiger partial charge in [0.2, 0.25) is 10.0 Å². The van der Waals surface area contributed by atoms with E-state index in [0.29, 0.717) is 18.8 Å². The lowest BCUT2D eigenvalue weighted by molar-refractivity contribution is 0.115. The van der Waals surface area contributed by atoms with Crippen LogP contribution >= 0.6 is 0 Å². The Labute approximate surface area is 108 Å². The number of hydrogen-bond acceptors (Lipinski definition) is 4. The van der Waals surface area contributed by atoms with E-state index in [1.54, 1.807) is 19.2 Å². The van der Waals surface area contributed by atoms with Gasteiger partial charge in [-0.05, 0) is 37.1 Å². The Morgan fingerprint density at radius 3 is 2.67 bits per heavy atom. The highest BCUT2D eigenvalue weighted by Gasteiger charge is 2.32. The monoisotopic (exact) mass is 270 g/mol. The number of aryl methyl sites for hydroxylation is 1. The van der Waals surface area contributed by atoms with Crippen LogP contribution < -0.4 is 5.73 Å². The third kappa shape index (κ3) is 2.50. The maximum Gasteiger partial charge on any atom is 0.243 e. The zero-order valence-electron chi connectivity index (χ0n) is 10.6. The number of rotatable bonds is 3. The van der Waals surface area contributed by atoms with Crippen molar-refractivity contribution in [3.05, 3.63) is 23.8 Å². The molecular formula is C12H18N2O3S. The molecule has 2 N–H and O–H groups in total. The molecule has 0 radical (unpaired) electrons. The Balaban J connectivity index is 2.31. The SMILES string of the molecule is COC1CCN(S(=O)(=O)c2cc(C)cc(N)c2)C1. The zero-order chi connectivity index (χ0) is 13.3. The van der Waals surface area contributed by atoms with Crippen LogP contribution in [-0.2, 0) is 14.8 Å². The molecule has 0 saturated carbocycles. The van der Waals surface area contributed by atoms with Crippen LogP contribution in [0, 0.1) is 6.92 Å². The lowest BCUT2D eigenvalue weighted by Crippen LogP contribution is -2.30. The lowest BCUT2D eigenvalue weighted by atomic mass is 10.2. The molecule has 18 heavy (non-hydrogen) atoms. The van der Waals surface area contributed by atoms with Crippen molar-refractivity contribution in [2.45, 2.75) is 24.3 Å². The Morgan fingerprint density at radius 1 is 1.39 bits per heavy atom. The molecule has 0 amide bonds. The molecule has 1 aromatic carbocycles. The largest absolute Gasteiger partial charge is 0.399 e. The molecule has 0 bridgehead atoms. The Bertz CT molecular complexity index is 522. The number of hydrogen-bond donors (Lipinski definition) is 1. The summed E-state index contributed by atoms with van der Waals surface area (Å²) >= 11 is 0. The average molecular weight is 270 g/mol. The molecule has 1 atom stereocenters. The number of nitrogen functional groups attached to an aromatic ring is 1. The van der Waals surface area contributed by atoms with Crippen LogP contribution in [0.15, 0.2) is 23.1 Å². The molecule has 1 fully saturated rings. The summed E-state index contributed by atoms with van der Waals surface area (Å²) in [6, 6.07) is 4.90. The van der Waals surface area contributed by atoms with E-state index < -0.39 is 10.0 Å². The van der Waals surface area contributed by atoms with Gasteiger partial charge in [0.1, 0.15) is 0 Å². The van der Waals surface area contributed by atoms with Crippen molar-refractivity contribution in [2.24, 2.45) is 0 Å². The summed E-state index contributed by atoms with van der Waals surface area (Å²) in [7, 11) is -1.85. The normalized spacial score (nSPS) is 21.3. The van der Waals surface area contributed by atoms with Crippen LogP contribution in [0.2, 0.25) is 0 Å². The quantitative estimate of drug-likeness (QED) is 0.831. The van der Waals surface area contributed by atoms with Gasteiger partial charge in [0.25, 0.3) is 0 Å². The minimum absolute atomic E-state index is 0.0121. The van der Waals surface area contributed by atoms with Crippen molar-refractivity contribution >= 4 is 15.7 Å². The van der Waals surface area contributed by atoms with Gasteiger partial charge < -0.3 is 10.5 Å². The average Bonchev–Trinajstić information content (AvgIpc) is 2.76. The van der Waals surface area contributed by atoms with Gasteiger partial charge in [-0.15, -0.1) is 0 Å². The molecule has 6 heteroatoms. The Kier molecular flexibility index (Phi) is 3.61. The third-order valence-electron chi connectivity index (χ3n) is 3.15. The predicted molar refractivity (Wildman–Crippen MR) is 69.8 cm³/mol. The number of nitrogens with two attached hydrogens (primary N) is 1. The summed E-state index contributed by atoms with van der Waals surface area (Å²) in [6.45, 7) is 2.73. The highest BCUT2D eigenvalue weighted by Crippen LogP contribution is 2.24. The summed E-state index contributed by atoms with van der Waals surface area (Å²) in [6.07, 6.45) is 0.721. The molecular weight excluding hydrogens is 252 g/mol. The van der Waals surface area contributed by atoms with Crippen molar-refractivity contribution < 1.29 is 13.2 Å². The minimum Gasteiger partial charge on any atom is -0.399 e. The number of sulfonamides is 1. The fraction of sp³-hybridized carbons (Fsp3) is 0.500. The standard InChI is InChI=1S/C12H18N2O3S/c1-9-5-10(13)7-12(6-9)18(15,16)14-4-3-11(8-14)17-2/h5-7,11H,3-4,8,13H2,1-2H3. The topological polar surface area (TPSA) is 72.6 Å². The highest BCUT2D eigenvalue weighted by atomic mass is 32.2. The maximum absolute atomic E-state index is 12.4. The van der Waals surface area contributed by atoms with Gasteiger partial charge in [0, 0.05) is 25.9 Å². The van der Waals surface area contributed by atoms with E-state index in [0.717, 1.165) is 12.0 Å². The van der Waals surface area contributed by atoms with Gasteiger partial charge in [-0.25, -0.2) is 8.42 Å². The van der Waals surface area contributed by atoms with Crippen molar-refractivity contribution in [1.82, 2.24) is 4.31 Å². The molecule has 0 spiro atoms. The molecule has 5 nitrogen and oxygen atoms in total. The van der Waals surface area contributed by atoms with Crippen LogP contribution in [0.25, 0.3) is 0 Å². The van der Waals surface area contributed by atoms with Crippen LogP contribution in [0.5, 0.6) is 0 Å². The van der Waals surface area contributed by atoms with E-state index in [-0.39, 0.29) is 11.0 Å². The first kappa shape index (κ1) is 13.3. The number of benzene rings is 1. The van der Waals surface area contributed by atoms with Crippen LogP contribution in [0.3, 0.4) is 0 Å². The molecule has 100 valence electrons. The predicted octanol–water partition coefficient (Wildman–Crippen LogP) is 0.987. The van der Waals surface area contributed by atoms with Gasteiger partial charge in [0.15, 0.2) is 0 Å². The molecule has 1 saturated heterocycles. The lowest BCUT2D eigenvalue weighted by Gasteiger charge is -2.17. The van der Waals surface area contributed by atoms with Crippen molar-refractivity contribution in [3.63, 3.8) is 0 Å². The van der Waals surface area contributed by atoms with E-state index in [4.69, 9.17) is 10.5 Å². The van der Waals surface area contributed by atoms with E-state index in [1.807, 2.05) is 6.92 Å². The molecule has 0 aliphatic carbocycles. The van der Waals surface area contributed by atoms with Gasteiger partial charge in [-0.2, -0.15) is 4.31 Å². The fourth-order valence-corrected chi connectivity index (χ4v) is 3.81. The maximum atomic E-state index is 12.4. The van der Waals surface area contributed by atoms with Crippen LogP contribution in [0.1, 0.15) is 12.0 Å². The molecule has 1 aromatic rings. The second-order valence-corrected chi connectivity index (χ2v) is 6.53. The first-order valence-corrected chi connectivity index (χ1v) is 7.27. The Morgan fingerprint density at radius 2 is 2.11 bits per heavy atom. The molecule has 1 aliphatic heterocycles. The zero-order valence-corrected chi connectivity index (χ0v) is 11.4. The van der Waals surface area contributed by atoms with Crippen molar-refractivity contribution in [2.75, 3.05) is 25.9 Å². The van der Waals surface area contributed by atoms with E-state index in [1.165, 1.54) is 10.4 Å². The highest BCUT2D eigenvalue weighted by molar-refractivity contribution is 7.89. The van der Waals surface area contributed by atoms with Crippen molar-refractivity contribution in [1.29, 1.82) is 0 Å². The first-order chi connectivity index (χ1) is 8.43. The van der Waals surface area contributed by atoms with Gasteiger partial charge >= 0.3 is 0 Å². The van der Waals surface area contributed by atoms with Crippen LogP contribution in [-0.4, -0.2) is 39.0 Å². The molecule has 0 aromatic heterocycles. The van der Waals surface area contributed by atoms with Crippen LogP contribution in [0.4, 0.5) is 5.69 Å². The number of ether oxygens (including phenoxy) is 1. The summed E-state index contributed by atoms with van der Waals surface area (Å²) in [5.41, 5.74) is 7.01.